The first kappa shape index (κ1) is 16.2. The van der Waals surface area contributed by atoms with Crippen LogP contribution in [-0.4, -0.2) is 25.4 Å². The third kappa shape index (κ3) is 4.40. The van der Waals surface area contributed by atoms with Crippen LogP contribution < -0.4 is 14.2 Å². The monoisotopic (exact) mass is 302 g/mol. The van der Waals surface area contributed by atoms with Crippen molar-refractivity contribution in [2.75, 3.05) is 20.3 Å². The van der Waals surface area contributed by atoms with Gasteiger partial charge in [0.25, 0.3) is 0 Å². The summed E-state index contributed by atoms with van der Waals surface area (Å²) in [4.78, 5) is 0. The molecule has 0 bridgehead atoms. The third-order valence-corrected chi connectivity index (χ3v) is 3.19. The molecule has 0 amide bonds. The molecule has 0 fully saturated rings. The summed E-state index contributed by atoms with van der Waals surface area (Å²) in [7, 11) is 1.60. The van der Waals surface area contributed by atoms with Gasteiger partial charge in [-0.2, -0.15) is 0 Å². The Labute approximate surface area is 131 Å². The molecule has 4 nitrogen and oxygen atoms in total. The molecular formula is C18H22O4. The van der Waals surface area contributed by atoms with Crippen LogP contribution in [0.25, 0.3) is 0 Å². The van der Waals surface area contributed by atoms with Gasteiger partial charge >= 0.3 is 0 Å². The van der Waals surface area contributed by atoms with E-state index in [-0.39, 0.29) is 6.61 Å². The average molecular weight is 302 g/mol. The largest absolute Gasteiger partial charge is 0.497 e. The highest BCUT2D eigenvalue weighted by Crippen LogP contribution is 2.28. The Morgan fingerprint density at radius 3 is 2.41 bits per heavy atom. The predicted molar refractivity (Wildman–Crippen MR) is 85.7 cm³/mol. The van der Waals surface area contributed by atoms with Gasteiger partial charge in [0.05, 0.1) is 13.7 Å². The Bertz CT molecular complexity index is 583. The van der Waals surface area contributed by atoms with Crippen LogP contribution in [0, 0.1) is 0 Å². The summed E-state index contributed by atoms with van der Waals surface area (Å²) in [6.45, 7) is 2.84. The first-order valence-electron chi connectivity index (χ1n) is 7.41. The highest BCUT2D eigenvalue weighted by molar-refractivity contribution is 5.39. The molecule has 0 aliphatic carbocycles. The number of rotatable bonds is 8. The van der Waals surface area contributed by atoms with E-state index in [4.69, 9.17) is 14.2 Å². The normalized spacial score (nSPS) is 11.8. The maximum Gasteiger partial charge on any atom is 0.161 e. The van der Waals surface area contributed by atoms with Crippen molar-refractivity contribution < 1.29 is 19.3 Å². The molecule has 2 rings (SSSR count). The zero-order valence-corrected chi connectivity index (χ0v) is 13.0. The first-order valence-corrected chi connectivity index (χ1v) is 7.41. The molecule has 118 valence electrons. The van der Waals surface area contributed by atoms with Crippen molar-refractivity contribution in [3.8, 4) is 17.2 Å². The van der Waals surface area contributed by atoms with E-state index >= 15 is 0 Å². The number of methoxy groups -OCH3 is 1. The molecule has 0 heterocycles. The molecule has 22 heavy (non-hydrogen) atoms. The van der Waals surface area contributed by atoms with Gasteiger partial charge in [-0.3, -0.25) is 0 Å². The van der Waals surface area contributed by atoms with E-state index in [9.17, 15) is 5.11 Å². The van der Waals surface area contributed by atoms with Gasteiger partial charge in [0.15, 0.2) is 11.5 Å². The van der Waals surface area contributed by atoms with Gasteiger partial charge in [-0.1, -0.05) is 31.2 Å². The van der Waals surface area contributed by atoms with Gasteiger partial charge in [-0.25, -0.2) is 0 Å². The summed E-state index contributed by atoms with van der Waals surface area (Å²) in [5, 5.41) is 10.2. The standard InChI is InChI=1S/C18H22O4/c1-3-11-21-17-9-4-5-10-18(17)22-13-16(19)14-7-6-8-15(12-14)20-2/h4-10,12,16,19H,3,11,13H2,1-2H3. The fourth-order valence-electron chi connectivity index (χ4n) is 2.01. The Morgan fingerprint density at radius 1 is 1.00 bits per heavy atom. The van der Waals surface area contributed by atoms with Crippen LogP contribution in [-0.2, 0) is 0 Å². The van der Waals surface area contributed by atoms with Crippen LogP contribution >= 0.6 is 0 Å². The minimum atomic E-state index is -0.727. The maximum absolute atomic E-state index is 10.2. The zero-order valence-electron chi connectivity index (χ0n) is 13.0. The topological polar surface area (TPSA) is 47.9 Å². The van der Waals surface area contributed by atoms with Crippen molar-refractivity contribution in [1.82, 2.24) is 0 Å². The quantitative estimate of drug-likeness (QED) is 0.809. The number of aliphatic hydroxyl groups is 1. The molecule has 0 radical (unpaired) electrons. The summed E-state index contributed by atoms with van der Waals surface area (Å²) in [6.07, 6.45) is 0.204. The van der Waals surface area contributed by atoms with E-state index in [0.717, 1.165) is 12.0 Å². The molecule has 1 atom stereocenters. The van der Waals surface area contributed by atoms with Crippen molar-refractivity contribution in [3.05, 3.63) is 54.1 Å². The summed E-state index contributed by atoms with van der Waals surface area (Å²) >= 11 is 0. The fourth-order valence-corrected chi connectivity index (χ4v) is 2.01. The van der Waals surface area contributed by atoms with E-state index in [1.807, 2.05) is 42.5 Å². The van der Waals surface area contributed by atoms with Crippen LogP contribution in [0.5, 0.6) is 17.2 Å². The molecule has 1 N–H and O–H groups in total. The van der Waals surface area contributed by atoms with Crippen molar-refractivity contribution in [2.24, 2.45) is 0 Å². The second kappa shape index (κ2) is 8.29. The molecule has 2 aromatic carbocycles. The summed E-state index contributed by atoms with van der Waals surface area (Å²) in [5.41, 5.74) is 0.756. The van der Waals surface area contributed by atoms with Crippen LogP contribution in [0.1, 0.15) is 25.0 Å². The van der Waals surface area contributed by atoms with Crippen molar-refractivity contribution in [3.63, 3.8) is 0 Å². The fraction of sp³-hybridized carbons (Fsp3) is 0.333. The van der Waals surface area contributed by atoms with Gasteiger partial charge in [-0.05, 0) is 36.2 Å². The molecule has 0 saturated heterocycles. The molecule has 0 aliphatic heterocycles. The number of hydrogen-bond acceptors (Lipinski definition) is 4. The number of para-hydroxylation sites is 2. The second-order valence-corrected chi connectivity index (χ2v) is 4.90. The SMILES string of the molecule is CCCOc1ccccc1OCC(O)c1cccc(OC)c1. The van der Waals surface area contributed by atoms with Crippen LogP contribution in [0.15, 0.2) is 48.5 Å². The molecular weight excluding hydrogens is 280 g/mol. The van der Waals surface area contributed by atoms with Gasteiger partial charge < -0.3 is 19.3 Å². The highest BCUT2D eigenvalue weighted by atomic mass is 16.5. The van der Waals surface area contributed by atoms with E-state index in [1.54, 1.807) is 13.2 Å². The lowest BCUT2D eigenvalue weighted by atomic mass is 10.1. The summed E-state index contributed by atoms with van der Waals surface area (Å²) < 4.78 is 16.5. The van der Waals surface area contributed by atoms with E-state index < -0.39 is 6.10 Å². The molecule has 0 aliphatic rings. The van der Waals surface area contributed by atoms with E-state index in [1.165, 1.54) is 0 Å². The smallest absolute Gasteiger partial charge is 0.161 e. The van der Waals surface area contributed by atoms with Crippen LogP contribution in [0.4, 0.5) is 0 Å². The predicted octanol–water partition coefficient (Wildman–Crippen LogP) is 3.60. The van der Waals surface area contributed by atoms with Gasteiger partial charge in [-0.15, -0.1) is 0 Å². The molecule has 0 spiro atoms. The first-order chi connectivity index (χ1) is 10.7. The van der Waals surface area contributed by atoms with Crippen LogP contribution in [0.2, 0.25) is 0 Å². The second-order valence-electron chi connectivity index (χ2n) is 4.90. The van der Waals surface area contributed by atoms with Crippen LogP contribution in [0.3, 0.4) is 0 Å². The van der Waals surface area contributed by atoms with Crippen molar-refractivity contribution in [2.45, 2.75) is 19.4 Å². The average Bonchev–Trinajstić information content (AvgIpc) is 2.58. The van der Waals surface area contributed by atoms with E-state index in [2.05, 4.69) is 6.92 Å². The summed E-state index contributed by atoms with van der Waals surface area (Å²) in [5.74, 6) is 2.04. The number of aliphatic hydroxyl groups excluding tert-OH is 1. The molecule has 2 aromatic rings. The Morgan fingerprint density at radius 2 is 1.73 bits per heavy atom. The number of ether oxygens (including phenoxy) is 3. The molecule has 1 unspecified atom stereocenters. The number of benzene rings is 2. The zero-order chi connectivity index (χ0) is 15.8. The minimum Gasteiger partial charge on any atom is -0.497 e. The molecule has 0 saturated carbocycles. The third-order valence-electron chi connectivity index (χ3n) is 3.19. The minimum absolute atomic E-state index is 0.152. The van der Waals surface area contributed by atoms with Gasteiger partial charge in [0.2, 0.25) is 0 Å². The van der Waals surface area contributed by atoms with Gasteiger partial charge in [0, 0.05) is 0 Å². The number of hydrogen-bond donors (Lipinski definition) is 1. The Balaban J connectivity index is 2.00. The highest BCUT2D eigenvalue weighted by Gasteiger charge is 2.11. The van der Waals surface area contributed by atoms with Crippen molar-refractivity contribution in [1.29, 1.82) is 0 Å². The molecule has 4 heteroatoms. The Kier molecular flexibility index (Phi) is 6.10. The molecule has 0 aromatic heterocycles. The van der Waals surface area contributed by atoms with E-state index in [0.29, 0.717) is 23.9 Å². The van der Waals surface area contributed by atoms with Gasteiger partial charge in [0.1, 0.15) is 18.5 Å². The lowest BCUT2D eigenvalue weighted by molar-refractivity contribution is 0.105. The maximum atomic E-state index is 10.2. The lowest BCUT2D eigenvalue weighted by Gasteiger charge is -2.16. The summed E-state index contributed by atoms with van der Waals surface area (Å²) in [6, 6.07) is 14.8. The Hall–Kier alpha value is -2.20. The lowest BCUT2D eigenvalue weighted by Crippen LogP contribution is -2.10. The van der Waals surface area contributed by atoms with Crippen molar-refractivity contribution >= 4 is 0 Å².